The molecule has 1 fully saturated rings. The van der Waals surface area contributed by atoms with Gasteiger partial charge in [0.15, 0.2) is 0 Å². The molecule has 1 saturated heterocycles. The summed E-state index contributed by atoms with van der Waals surface area (Å²) in [7, 11) is 0. The van der Waals surface area contributed by atoms with Gasteiger partial charge < -0.3 is 5.11 Å². The van der Waals surface area contributed by atoms with Crippen LogP contribution in [0.25, 0.3) is 0 Å². The molecule has 24 heavy (non-hydrogen) atoms. The normalized spacial score (nSPS) is 14.5. The topological polar surface area (TPSA) is 48.2 Å². The smallest absolute Gasteiger partial charge is 0.103 e. The van der Waals surface area contributed by atoms with Gasteiger partial charge in [0.25, 0.3) is 0 Å². The second-order valence-electron chi connectivity index (χ2n) is 5.79. The van der Waals surface area contributed by atoms with E-state index in [0.29, 0.717) is 0 Å². The molecule has 0 aliphatic carbocycles. The molecule has 4 nitrogen and oxygen atoms in total. The van der Waals surface area contributed by atoms with Gasteiger partial charge in [-0.2, -0.15) is 0 Å². The van der Waals surface area contributed by atoms with Crippen molar-refractivity contribution < 1.29 is 5.11 Å². The van der Waals surface area contributed by atoms with Crippen LogP contribution in [0.1, 0.15) is 36.0 Å². The Bertz CT molecular complexity index is 768. The molecule has 3 rings (SSSR count). The number of benzene rings is 2. The van der Waals surface area contributed by atoms with E-state index in [4.69, 9.17) is 0 Å². The highest BCUT2D eigenvalue weighted by molar-refractivity contribution is 5.57. The molecular weight excluding hydrogens is 298 g/mol. The second kappa shape index (κ2) is 8.28. The molecule has 2 aromatic carbocycles. The number of aliphatic hydroxyl groups excluding tert-OH is 1. The van der Waals surface area contributed by atoms with Crippen molar-refractivity contribution in [3.63, 3.8) is 0 Å². The summed E-state index contributed by atoms with van der Waals surface area (Å²) in [6, 6.07) is 15.4. The Morgan fingerprint density at radius 3 is 2.33 bits per heavy atom. The first-order chi connectivity index (χ1) is 11.9. The van der Waals surface area contributed by atoms with Gasteiger partial charge in [-0.1, -0.05) is 47.4 Å². The monoisotopic (exact) mass is 319 g/mol. The molecule has 1 aliphatic heterocycles. The van der Waals surface area contributed by atoms with Crippen molar-refractivity contribution in [2.45, 2.75) is 25.9 Å². The molecule has 0 spiro atoms. The highest BCUT2D eigenvalue weighted by Crippen LogP contribution is 2.20. The lowest BCUT2D eigenvalue weighted by atomic mass is 10.1. The van der Waals surface area contributed by atoms with E-state index in [0.717, 1.165) is 35.5 Å². The van der Waals surface area contributed by atoms with E-state index in [1.807, 2.05) is 53.5 Å². The first kappa shape index (κ1) is 16.2. The molecule has 0 unspecified atom stereocenters. The summed E-state index contributed by atoms with van der Waals surface area (Å²) in [5, 5.41) is 20.2. The van der Waals surface area contributed by atoms with E-state index in [2.05, 4.69) is 22.2 Å². The van der Waals surface area contributed by atoms with E-state index in [-0.39, 0.29) is 6.61 Å². The molecule has 0 bridgehead atoms. The van der Waals surface area contributed by atoms with Gasteiger partial charge in [-0.05, 0) is 43.0 Å². The Morgan fingerprint density at radius 2 is 1.54 bits per heavy atom. The lowest BCUT2D eigenvalue weighted by Crippen LogP contribution is -2.23. The molecule has 0 saturated carbocycles. The van der Waals surface area contributed by atoms with Crippen LogP contribution >= 0.6 is 0 Å². The summed E-state index contributed by atoms with van der Waals surface area (Å²) >= 11 is 0. The maximum absolute atomic E-state index is 9.39. The Balaban J connectivity index is 1.82. The molecule has 1 N–H and O–H groups in total. The van der Waals surface area contributed by atoms with Crippen molar-refractivity contribution in [1.82, 2.24) is 5.01 Å². The van der Waals surface area contributed by atoms with Crippen LogP contribution in [-0.2, 0) is 6.61 Å². The van der Waals surface area contributed by atoms with Crippen molar-refractivity contribution in [3.05, 3.63) is 65.2 Å². The van der Waals surface area contributed by atoms with E-state index in [1.165, 1.54) is 19.3 Å². The summed E-state index contributed by atoms with van der Waals surface area (Å²) in [5.41, 5.74) is 3.28. The van der Waals surface area contributed by atoms with Gasteiger partial charge in [0.05, 0.1) is 12.2 Å². The number of piperidine rings is 1. The van der Waals surface area contributed by atoms with Crippen LogP contribution in [0.15, 0.2) is 58.9 Å². The standard InChI is InChI=1S/C20H21N3O/c24-16-19-10-3-2-8-17(19)12-13-18-9-4-5-11-20(18)21-22-23-14-6-1-7-15-23/h2-5,8-11,24H,1,6-7,14-16H2. The summed E-state index contributed by atoms with van der Waals surface area (Å²) in [5.74, 6) is 6.29. The molecule has 0 radical (unpaired) electrons. The first-order valence-corrected chi connectivity index (χ1v) is 8.33. The Morgan fingerprint density at radius 1 is 0.875 bits per heavy atom. The van der Waals surface area contributed by atoms with Crippen molar-refractivity contribution in [2.24, 2.45) is 10.3 Å². The summed E-state index contributed by atoms with van der Waals surface area (Å²) in [6.07, 6.45) is 3.63. The Hall–Kier alpha value is -2.64. The SMILES string of the molecule is OCc1ccccc1C#Cc1ccccc1N=NN1CCCCC1. The Kier molecular flexibility index (Phi) is 5.60. The van der Waals surface area contributed by atoms with Crippen molar-refractivity contribution in [3.8, 4) is 11.8 Å². The third-order valence-corrected chi connectivity index (χ3v) is 4.03. The van der Waals surface area contributed by atoms with Gasteiger partial charge in [0, 0.05) is 18.7 Å². The average molecular weight is 319 g/mol. The molecule has 0 amide bonds. The van der Waals surface area contributed by atoms with Crippen LogP contribution in [0.4, 0.5) is 5.69 Å². The molecule has 2 aromatic rings. The fourth-order valence-corrected chi connectivity index (χ4v) is 2.66. The summed E-state index contributed by atoms with van der Waals surface area (Å²) < 4.78 is 0. The average Bonchev–Trinajstić information content (AvgIpc) is 2.66. The minimum atomic E-state index is -0.0127. The van der Waals surface area contributed by atoms with E-state index < -0.39 is 0 Å². The number of rotatable bonds is 3. The largest absolute Gasteiger partial charge is 0.392 e. The number of aliphatic hydroxyl groups is 1. The van der Waals surface area contributed by atoms with Crippen LogP contribution in [0.2, 0.25) is 0 Å². The zero-order valence-electron chi connectivity index (χ0n) is 13.7. The minimum Gasteiger partial charge on any atom is -0.392 e. The van der Waals surface area contributed by atoms with Crippen LogP contribution in [0.5, 0.6) is 0 Å². The van der Waals surface area contributed by atoms with E-state index in [9.17, 15) is 5.11 Å². The van der Waals surface area contributed by atoms with Crippen molar-refractivity contribution in [2.75, 3.05) is 13.1 Å². The highest BCUT2D eigenvalue weighted by Gasteiger charge is 2.07. The van der Waals surface area contributed by atoms with Crippen molar-refractivity contribution in [1.29, 1.82) is 0 Å². The van der Waals surface area contributed by atoms with Gasteiger partial charge in [-0.25, -0.2) is 0 Å². The maximum atomic E-state index is 9.39. The fourth-order valence-electron chi connectivity index (χ4n) is 2.66. The lowest BCUT2D eigenvalue weighted by Gasteiger charge is -2.21. The second-order valence-corrected chi connectivity index (χ2v) is 5.79. The van der Waals surface area contributed by atoms with Crippen LogP contribution < -0.4 is 0 Å². The molecular formula is C20H21N3O. The number of hydrogen-bond acceptors (Lipinski definition) is 3. The van der Waals surface area contributed by atoms with Crippen LogP contribution in [-0.4, -0.2) is 23.2 Å². The Labute approximate surface area is 142 Å². The van der Waals surface area contributed by atoms with Crippen LogP contribution in [0, 0.1) is 11.8 Å². The van der Waals surface area contributed by atoms with E-state index >= 15 is 0 Å². The third kappa shape index (κ3) is 4.21. The van der Waals surface area contributed by atoms with Gasteiger partial charge in [-0.15, -0.1) is 5.11 Å². The maximum Gasteiger partial charge on any atom is 0.103 e. The van der Waals surface area contributed by atoms with Crippen LogP contribution in [0.3, 0.4) is 0 Å². The van der Waals surface area contributed by atoms with Gasteiger partial charge in [0.2, 0.25) is 0 Å². The predicted molar refractivity (Wildman–Crippen MR) is 94.7 cm³/mol. The zero-order valence-corrected chi connectivity index (χ0v) is 13.7. The molecule has 4 heteroatoms. The lowest BCUT2D eigenvalue weighted by molar-refractivity contribution is 0.224. The summed E-state index contributed by atoms with van der Waals surface area (Å²) in [4.78, 5) is 0. The molecule has 0 aromatic heterocycles. The highest BCUT2D eigenvalue weighted by atomic mass is 16.3. The third-order valence-electron chi connectivity index (χ3n) is 4.03. The van der Waals surface area contributed by atoms with Gasteiger partial charge in [-0.3, -0.25) is 5.01 Å². The van der Waals surface area contributed by atoms with E-state index in [1.54, 1.807) is 0 Å². The fraction of sp³-hybridized carbons (Fsp3) is 0.300. The molecule has 1 heterocycles. The van der Waals surface area contributed by atoms with Gasteiger partial charge >= 0.3 is 0 Å². The number of nitrogens with zero attached hydrogens (tertiary/aromatic N) is 3. The first-order valence-electron chi connectivity index (χ1n) is 8.33. The molecule has 122 valence electrons. The number of hydrogen-bond donors (Lipinski definition) is 1. The zero-order chi connectivity index (χ0) is 16.6. The minimum absolute atomic E-state index is 0.0127. The summed E-state index contributed by atoms with van der Waals surface area (Å²) in [6.45, 7) is 1.93. The van der Waals surface area contributed by atoms with Crippen molar-refractivity contribution >= 4 is 5.69 Å². The molecule has 0 atom stereocenters. The predicted octanol–water partition coefficient (Wildman–Crippen LogP) is 4.06. The quantitative estimate of drug-likeness (QED) is 0.685. The molecule has 1 aliphatic rings. The van der Waals surface area contributed by atoms with Gasteiger partial charge in [0.1, 0.15) is 5.69 Å².